The van der Waals surface area contributed by atoms with Crippen molar-refractivity contribution in [3.63, 3.8) is 0 Å². The lowest BCUT2D eigenvalue weighted by Crippen LogP contribution is -2.41. The van der Waals surface area contributed by atoms with Crippen molar-refractivity contribution in [1.82, 2.24) is 19.4 Å². The summed E-state index contributed by atoms with van der Waals surface area (Å²) in [4.78, 5) is 35.4. The number of aromatic nitrogens is 2. The molecule has 2 aliphatic rings. The first kappa shape index (κ1) is 21.3. The molecule has 6 nitrogen and oxygen atoms in total. The first-order chi connectivity index (χ1) is 15.6. The number of aryl methyl sites for hydroxylation is 3. The van der Waals surface area contributed by atoms with Crippen LogP contribution in [0.3, 0.4) is 0 Å². The van der Waals surface area contributed by atoms with Crippen molar-refractivity contribution >= 4 is 28.0 Å². The molecule has 1 aliphatic heterocycles. The molecule has 5 rings (SSSR count). The summed E-state index contributed by atoms with van der Waals surface area (Å²) in [5, 5.41) is 0.752. The third-order valence-corrected chi connectivity index (χ3v) is 7.98. The van der Waals surface area contributed by atoms with Gasteiger partial charge in [-0.2, -0.15) is 0 Å². The molecule has 1 aromatic carbocycles. The maximum Gasteiger partial charge on any atom is 0.262 e. The Hall–Kier alpha value is -2.58. The number of halogens is 1. The largest absolute Gasteiger partial charge is 0.344 e. The number of hydrogen-bond acceptors (Lipinski definition) is 5. The number of carbonyl (C=O) groups is 1. The maximum atomic E-state index is 14.0. The lowest BCUT2D eigenvalue weighted by Gasteiger charge is -2.33. The maximum absolute atomic E-state index is 14.0. The van der Waals surface area contributed by atoms with E-state index in [0.29, 0.717) is 24.6 Å². The van der Waals surface area contributed by atoms with E-state index < -0.39 is 0 Å². The number of thiophene rings is 1. The number of benzene rings is 1. The van der Waals surface area contributed by atoms with E-state index in [4.69, 9.17) is 0 Å². The Bertz CT molecular complexity index is 1190. The summed E-state index contributed by atoms with van der Waals surface area (Å²) in [5.41, 5.74) is 1.75. The summed E-state index contributed by atoms with van der Waals surface area (Å²) >= 11 is 1.64. The van der Waals surface area contributed by atoms with Gasteiger partial charge in [0.25, 0.3) is 5.56 Å². The zero-order chi connectivity index (χ0) is 22.1. The van der Waals surface area contributed by atoms with Crippen LogP contribution in [0, 0.1) is 5.82 Å². The Morgan fingerprint density at radius 1 is 1.19 bits per heavy atom. The molecule has 168 valence electrons. The molecule has 1 fully saturated rings. The second-order valence-electron chi connectivity index (χ2n) is 8.70. The van der Waals surface area contributed by atoms with Crippen molar-refractivity contribution in [2.45, 2.75) is 44.7 Å². The highest BCUT2D eigenvalue weighted by molar-refractivity contribution is 7.18. The predicted octanol–water partition coefficient (Wildman–Crippen LogP) is 2.86. The monoisotopic (exact) mass is 454 g/mol. The van der Waals surface area contributed by atoms with Gasteiger partial charge in [0.15, 0.2) is 0 Å². The third-order valence-electron chi connectivity index (χ3n) is 6.82. The van der Waals surface area contributed by atoms with Gasteiger partial charge in [0, 0.05) is 43.6 Å². The summed E-state index contributed by atoms with van der Waals surface area (Å²) in [6, 6.07) is 7.15. The summed E-state index contributed by atoms with van der Waals surface area (Å²) in [6.07, 6.45) is 6.85. The Balaban J connectivity index is 1.35. The number of carbonyl (C=O) groups excluding carboxylic acids is 1. The number of amides is 1. The molecule has 8 heteroatoms. The number of hydrogen-bond donors (Lipinski definition) is 0. The van der Waals surface area contributed by atoms with Crippen LogP contribution >= 0.6 is 11.3 Å². The predicted molar refractivity (Wildman–Crippen MR) is 124 cm³/mol. The first-order valence-electron chi connectivity index (χ1n) is 11.3. The van der Waals surface area contributed by atoms with Crippen LogP contribution in [-0.2, 0) is 30.6 Å². The van der Waals surface area contributed by atoms with Crippen LogP contribution < -0.4 is 5.56 Å². The number of rotatable bonds is 5. The molecule has 3 heterocycles. The molecule has 0 saturated carbocycles. The van der Waals surface area contributed by atoms with Gasteiger partial charge >= 0.3 is 0 Å². The topological polar surface area (TPSA) is 58.4 Å². The van der Waals surface area contributed by atoms with Crippen LogP contribution in [-0.4, -0.2) is 58.0 Å². The van der Waals surface area contributed by atoms with Gasteiger partial charge in [0.1, 0.15) is 10.6 Å². The molecule has 1 atom stereocenters. The third kappa shape index (κ3) is 4.09. The summed E-state index contributed by atoms with van der Waals surface area (Å²) < 4.78 is 15.6. The van der Waals surface area contributed by atoms with Gasteiger partial charge in [0.05, 0.1) is 11.7 Å². The van der Waals surface area contributed by atoms with E-state index in [0.717, 1.165) is 74.1 Å². The Morgan fingerprint density at radius 2 is 2.06 bits per heavy atom. The Morgan fingerprint density at radius 3 is 2.91 bits per heavy atom. The standard InChI is InChI=1S/C24H27FN4O2S/c25-20-5-2-1-4-17(20)8-11-29-15-26-23-22(24(29)31)19-7-6-18(14-21(19)32-23)28-10-3-9-27(16-30)12-13-28/h1-2,4-5,15-16,18H,3,6-14H2/t18-/m0/s1. The summed E-state index contributed by atoms with van der Waals surface area (Å²) in [7, 11) is 0. The van der Waals surface area contributed by atoms with Gasteiger partial charge in [-0.15, -0.1) is 11.3 Å². The number of fused-ring (bicyclic) bond motifs is 3. The van der Waals surface area contributed by atoms with E-state index in [9.17, 15) is 14.0 Å². The van der Waals surface area contributed by atoms with E-state index in [1.165, 1.54) is 10.9 Å². The minimum atomic E-state index is -0.238. The lowest BCUT2D eigenvalue weighted by atomic mass is 9.92. The molecule has 1 saturated heterocycles. The van der Waals surface area contributed by atoms with Gasteiger partial charge in [0.2, 0.25) is 6.41 Å². The van der Waals surface area contributed by atoms with Crippen molar-refractivity contribution in [1.29, 1.82) is 0 Å². The van der Waals surface area contributed by atoms with Gasteiger partial charge < -0.3 is 4.90 Å². The van der Waals surface area contributed by atoms with E-state index in [1.807, 2.05) is 11.0 Å². The lowest BCUT2D eigenvalue weighted by molar-refractivity contribution is -0.118. The second-order valence-corrected chi connectivity index (χ2v) is 9.78. The van der Waals surface area contributed by atoms with Crippen LogP contribution in [0.15, 0.2) is 35.4 Å². The molecular formula is C24H27FN4O2S. The molecule has 1 amide bonds. The van der Waals surface area contributed by atoms with Crippen LogP contribution in [0.5, 0.6) is 0 Å². The Kier molecular flexibility index (Phi) is 6.06. The van der Waals surface area contributed by atoms with Gasteiger partial charge in [-0.05, 0) is 49.3 Å². The first-order valence-corrected chi connectivity index (χ1v) is 12.1. The molecule has 1 aliphatic carbocycles. The van der Waals surface area contributed by atoms with Crippen molar-refractivity contribution in [2.75, 3.05) is 26.2 Å². The highest BCUT2D eigenvalue weighted by Gasteiger charge is 2.29. The molecule has 32 heavy (non-hydrogen) atoms. The molecule has 0 unspecified atom stereocenters. The second kappa shape index (κ2) is 9.11. The fourth-order valence-corrected chi connectivity index (χ4v) is 6.27. The number of nitrogens with zero attached hydrogens (tertiary/aromatic N) is 4. The average Bonchev–Trinajstić information content (AvgIpc) is 3.01. The molecule has 0 N–H and O–H groups in total. The van der Waals surface area contributed by atoms with E-state index in [1.54, 1.807) is 34.4 Å². The van der Waals surface area contributed by atoms with Crippen molar-refractivity contribution in [3.05, 3.63) is 62.8 Å². The van der Waals surface area contributed by atoms with Crippen LogP contribution in [0.25, 0.3) is 10.2 Å². The normalized spacial score (nSPS) is 19.7. The van der Waals surface area contributed by atoms with Gasteiger partial charge in [-0.25, -0.2) is 9.37 Å². The highest BCUT2D eigenvalue weighted by Crippen LogP contribution is 2.35. The van der Waals surface area contributed by atoms with Crippen molar-refractivity contribution in [2.24, 2.45) is 0 Å². The summed E-state index contributed by atoms with van der Waals surface area (Å²) in [6.45, 7) is 3.95. The van der Waals surface area contributed by atoms with Crippen molar-refractivity contribution in [3.8, 4) is 0 Å². The zero-order valence-electron chi connectivity index (χ0n) is 18.0. The molecule has 0 spiro atoms. The van der Waals surface area contributed by atoms with Crippen LogP contribution in [0.4, 0.5) is 4.39 Å². The quantitative estimate of drug-likeness (QED) is 0.557. The SMILES string of the molecule is O=CN1CCCN([C@H]2CCc3c(sc4ncn(CCc5ccccc5F)c(=O)c34)C2)CC1. The van der Waals surface area contributed by atoms with Crippen LogP contribution in [0.1, 0.15) is 28.8 Å². The Labute approximate surface area is 190 Å². The molecule has 3 aromatic rings. The molecule has 0 radical (unpaired) electrons. The van der Waals surface area contributed by atoms with E-state index in [-0.39, 0.29) is 11.4 Å². The summed E-state index contributed by atoms with van der Waals surface area (Å²) in [5.74, 6) is -0.238. The average molecular weight is 455 g/mol. The van der Waals surface area contributed by atoms with Gasteiger partial charge in [-0.3, -0.25) is 19.1 Å². The van der Waals surface area contributed by atoms with E-state index >= 15 is 0 Å². The molecule has 0 bridgehead atoms. The minimum Gasteiger partial charge on any atom is -0.344 e. The van der Waals surface area contributed by atoms with Crippen LogP contribution in [0.2, 0.25) is 0 Å². The van der Waals surface area contributed by atoms with Crippen molar-refractivity contribution < 1.29 is 9.18 Å². The van der Waals surface area contributed by atoms with E-state index in [2.05, 4.69) is 9.88 Å². The fraction of sp³-hybridized carbons (Fsp3) is 0.458. The molecular weight excluding hydrogens is 427 g/mol. The zero-order valence-corrected chi connectivity index (χ0v) is 18.8. The highest BCUT2D eigenvalue weighted by atomic mass is 32.1. The minimum absolute atomic E-state index is 0.0151. The molecule has 2 aromatic heterocycles. The smallest absolute Gasteiger partial charge is 0.262 e. The fourth-order valence-electron chi connectivity index (χ4n) is 5.02. The van der Waals surface area contributed by atoms with Gasteiger partial charge in [-0.1, -0.05) is 18.2 Å².